The van der Waals surface area contributed by atoms with Gasteiger partial charge in [0.1, 0.15) is 17.9 Å². The van der Waals surface area contributed by atoms with Crippen molar-refractivity contribution in [2.24, 2.45) is 34.5 Å². The summed E-state index contributed by atoms with van der Waals surface area (Å²) < 4.78 is 52.4. The summed E-state index contributed by atoms with van der Waals surface area (Å²) in [6.07, 6.45) is 2.65. The first kappa shape index (κ1) is 32.3. The number of hydroxylamine groups is 2. The highest BCUT2D eigenvalue weighted by molar-refractivity contribution is 8.13. The van der Waals surface area contributed by atoms with E-state index < -0.39 is 69.4 Å². The Balaban J connectivity index is 1.40. The lowest BCUT2D eigenvalue weighted by atomic mass is 9.45. The second-order valence-corrected chi connectivity index (χ2v) is 14.1. The number of halogens is 3. The van der Waals surface area contributed by atoms with E-state index in [4.69, 9.17) is 4.74 Å². The number of nitrogens with zero attached hydrogens (tertiary/aromatic N) is 1. The van der Waals surface area contributed by atoms with E-state index in [9.17, 15) is 24.3 Å². The second-order valence-electron chi connectivity index (χ2n) is 13.2. The van der Waals surface area contributed by atoms with E-state index in [1.165, 1.54) is 19.1 Å². The van der Waals surface area contributed by atoms with Crippen LogP contribution >= 0.6 is 11.8 Å². The first-order chi connectivity index (χ1) is 20.4. The third-order valence-corrected chi connectivity index (χ3v) is 11.4. The van der Waals surface area contributed by atoms with Gasteiger partial charge in [-0.25, -0.2) is 13.2 Å². The number of aliphatic hydroxyl groups excluding tert-OH is 1. The Bertz CT molecular complexity index is 1280. The molecule has 43 heavy (non-hydrogen) atoms. The number of allylic oxidation sites excluding steroid dienone is 4. The molecule has 5 rings (SSSR count). The topological polar surface area (TPSA) is 87.1 Å². The number of carbonyl (C=O) groups excluding carboxylic acids is 2. The van der Waals surface area contributed by atoms with Crippen molar-refractivity contribution in [2.75, 3.05) is 19.2 Å². The molecule has 9 atom stereocenters. The summed E-state index contributed by atoms with van der Waals surface area (Å²) >= 11 is 0.548. The van der Waals surface area contributed by atoms with Crippen LogP contribution in [0.15, 0.2) is 48.1 Å². The van der Waals surface area contributed by atoms with Crippen LogP contribution in [0.1, 0.15) is 58.4 Å². The van der Waals surface area contributed by atoms with Crippen molar-refractivity contribution in [1.82, 2.24) is 5.06 Å². The zero-order valence-corrected chi connectivity index (χ0v) is 25.8. The predicted molar refractivity (Wildman–Crippen MR) is 159 cm³/mol. The van der Waals surface area contributed by atoms with Crippen molar-refractivity contribution in [2.45, 2.75) is 77.4 Å². The van der Waals surface area contributed by atoms with Gasteiger partial charge in [-0.15, -0.1) is 0 Å². The Labute approximate surface area is 255 Å². The third kappa shape index (κ3) is 5.51. The van der Waals surface area contributed by atoms with Crippen molar-refractivity contribution in [3.05, 3.63) is 53.6 Å². The molecular formula is C33H42F3NO5S. The van der Waals surface area contributed by atoms with E-state index in [0.29, 0.717) is 24.8 Å². The zero-order valence-electron chi connectivity index (χ0n) is 25.0. The van der Waals surface area contributed by atoms with Gasteiger partial charge in [-0.2, -0.15) is 5.06 Å². The monoisotopic (exact) mass is 621 g/mol. The molecule has 3 fully saturated rings. The van der Waals surface area contributed by atoms with Crippen LogP contribution in [0.5, 0.6) is 5.75 Å². The second kappa shape index (κ2) is 12.3. The fraction of sp³-hybridized carbons (Fsp3) is 0.636. The van der Waals surface area contributed by atoms with Gasteiger partial charge in [-0.3, -0.25) is 9.59 Å². The Hall–Kier alpha value is -2.14. The van der Waals surface area contributed by atoms with E-state index in [-0.39, 0.29) is 31.5 Å². The van der Waals surface area contributed by atoms with Gasteiger partial charge in [0.05, 0.1) is 12.7 Å². The SMILES string of the molecule is CCCCOc1ccc(CN(O)C[C@@H]2CC3[C@@H]4C[C@H](F)C5=CC(=O)C=C[C@]5(C)[C@@]4(F)[C@@H](O)C[C@]3(C)[C@H]2C(=O)SCF)cc1. The summed E-state index contributed by atoms with van der Waals surface area (Å²) in [6, 6.07) is 6.46. The molecule has 10 heteroatoms. The highest BCUT2D eigenvalue weighted by Crippen LogP contribution is 2.70. The molecule has 1 aromatic carbocycles. The molecule has 4 aliphatic rings. The van der Waals surface area contributed by atoms with E-state index in [1.807, 2.05) is 31.2 Å². The summed E-state index contributed by atoms with van der Waals surface area (Å²) in [5, 5.41) is 23.3. The van der Waals surface area contributed by atoms with E-state index in [1.54, 1.807) is 0 Å². The molecule has 0 spiro atoms. The summed E-state index contributed by atoms with van der Waals surface area (Å²) in [7, 11) is 0. The quantitative estimate of drug-likeness (QED) is 0.231. The molecule has 1 unspecified atom stereocenters. The standard InChI is InChI=1S/C33H42F3NO5S/c1-4-5-12-42-23-8-6-20(7-9-23)17-37(41)18-21-13-24-25-15-27(35)26-14-22(38)10-11-32(26,3)33(25,36)28(39)16-31(24,2)29(21)30(40)43-19-34/h6-11,14,21,24-25,27-29,39,41H,4-5,12-13,15-19H2,1-3H3/t21-,24?,25-,27-,28-,29+,31-,32-,33-/m0/s1. The third-order valence-electron chi connectivity index (χ3n) is 10.8. The maximum atomic E-state index is 17.5. The molecule has 2 N–H and O–H groups in total. The van der Waals surface area contributed by atoms with Gasteiger partial charge >= 0.3 is 0 Å². The van der Waals surface area contributed by atoms with Crippen molar-refractivity contribution in [3.8, 4) is 5.75 Å². The number of ketones is 1. The Morgan fingerprint density at radius 3 is 2.58 bits per heavy atom. The van der Waals surface area contributed by atoms with Gasteiger partial charge in [0, 0.05) is 30.3 Å². The van der Waals surface area contributed by atoms with Crippen LogP contribution in [0.4, 0.5) is 13.2 Å². The largest absolute Gasteiger partial charge is 0.494 e. The van der Waals surface area contributed by atoms with E-state index in [0.717, 1.165) is 35.3 Å². The smallest absolute Gasteiger partial charge is 0.195 e. The molecule has 236 valence electrons. The van der Waals surface area contributed by atoms with Crippen LogP contribution in [0.25, 0.3) is 0 Å². The van der Waals surface area contributed by atoms with Gasteiger partial charge < -0.3 is 15.1 Å². The Kier molecular flexibility index (Phi) is 9.25. The van der Waals surface area contributed by atoms with Gasteiger partial charge in [0.15, 0.2) is 16.6 Å². The number of carbonyl (C=O) groups is 2. The van der Waals surface area contributed by atoms with Crippen LogP contribution in [0.3, 0.4) is 0 Å². The van der Waals surface area contributed by atoms with Crippen LogP contribution in [0, 0.1) is 34.5 Å². The Morgan fingerprint density at radius 2 is 1.91 bits per heavy atom. The minimum absolute atomic E-state index is 0.0416. The number of unbranched alkanes of at least 4 members (excludes halogenated alkanes) is 1. The predicted octanol–water partition coefficient (Wildman–Crippen LogP) is 6.40. The number of benzene rings is 1. The van der Waals surface area contributed by atoms with Crippen LogP contribution in [-0.4, -0.2) is 63.4 Å². The van der Waals surface area contributed by atoms with Crippen molar-refractivity contribution in [3.63, 3.8) is 0 Å². The molecular weight excluding hydrogens is 579 g/mol. The zero-order chi connectivity index (χ0) is 31.2. The fourth-order valence-corrected chi connectivity index (χ4v) is 9.49. The molecule has 0 heterocycles. The number of hydrogen-bond donors (Lipinski definition) is 2. The Morgan fingerprint density at radius 1 is 1.19 bits per heavy atom. The summed E-state index contributed by atoms with van der Waals surface area (Å²) in [5.41, 5.74) is -3.86. The number of rotatable bonds is 10. The lowest BCUT2D eigenvalue weighted by molar-refractivity contribution is -0.201. The van der Waals surface area contributed by atoms with Gasteiger partial charge in [0.2, 0.25) is 0 Å². The lowest BCUT2D eigenvalue weighted by Gasteiger charge is -2.62. The number of hydrogen-bond acceptors (Lipinski definition) is 7. The number of aliphatic hydroxyl groups is 1. The molecule has 3 saturated carbocycles. The maximum absolute atomic E-state index is 17.5. The normalized spacial score (nSPS) is 38.3. The van der Waals surface area contributed by atoms with Crippen molar-refractivity contribution in [1.29, 1.82) is 0 Å². The van der Waals surface area contributed by atoms with Gasteiger partial charge in [-0.1, -0.05) is 50.2 Å². The van der Waals surface area contributed by atoms with Gasteiger partial charge in [0.25, 0.3) is 0 Å². The molecule has 4 aliphatic carbocycles. The molecule has 0 aromatic heterocycles. The van der Waals surface area contributed by atoms with Crippen LogP contribution < -0.4 is 4.74 Å². The molecule has 0 bridgehead atoms. The van der Waals surface area contributed by atoms with Gasteiger partial charge in [-0.05, 0) is 85.3 Å². The van der Waals surface area contributed by atoms with Crippen LogP contribution in [0.2, 0.25) is 0 Å². The maximum Gasteiger partial charge on any atom is 0.195 e. The lowest BCUT2D eigenvalue weighted by Crippen LogP contribution is -2.68. The van der Waals surface area contributed by atoms with E-state index in [2.05, 4.69) is 6.92 Å². The van der Waals surface area contributed by atoms with Crippen molar-refractivity contribution >= 4 is 22.7 Å². The highest BCUT2D eigenvalue weighted by atomic mass is 32.2. The molecule has 1 aromatic rings. The minimum Gasteiger partial charge on any atom is -0.494 e. The number of ether oxygens (including phenoxy) is 1. The summed E-state index contributed by atoms with van der Waals surface area (Å²) in [6.45, 7) is 6.31. The molecule has 0 radical (unpaired) electrons. The number of alkyl halides is 3. The number of fused-ring (bicyclic) bond motifs is 5. The minimum atomic E-state index is -2.27. The molecule has 6 nitrogen and oxygen atoms in total. The molecule has 0 aliphatic heterocycles. The summed E-state index contributed by atoms with van der Waals surface area (Å²) in [4.78, 5) is 25.5. The number of thioether (sulfide) groups is 1. The fourth-order valence-electron chi connectivity index (χ4n) is 8.74. The molecule has 0 amide bonds. The average Bonchev–Trinajstić information content (AvgIpc) is 3.23. The first-order valence-corrected chi connectivity index (χ1v) is 16.2. The molecule has 0 saturated heterocycles. The highest BCUT2D eigenvalue weighted by Gasteiger charge is 2.73. The summed E-state index contributed by atoms with van der Waals surface area (Å²) in [5.74, 6) is -2.37. The first-order valence-electron chi connectivity index (χ1n) is 15.2. The van der Waals surface area contributed by atoms with E-state index >= 15 is 8.78 Å². The van der Waals surface area contributed by atoms with Crippen molar-refractivity contribution < 1.29 is 37.8 Å². The average molecular weight is 622 g/mol. The van der Waals surface area contributed by atoms with Crippen LogP contribution in [-0.2, 0) is 16.1 Å².